The van der Waals surface area contributed by atoms with Crippen LogP contribution in [-0.4, -0.2) is 75.6 Å². The van der Waals surface area contributed by atoms with Crippen molar-refractivity contribution in [3.63, 3.8) is 0 Å². The molecular weight excluding hydrogens is 580 g/mol. The van der Waals surface area contributed by atoms with Gasteiger partial charge in [0.05, 0.1) is 6.04 Å². The number of aromatic nitrogens is 1. The van der Waals surface area contributed by atoms with E-state index in [4.69, 9.17) is 17.2 Å². The highest BCUT2D eigenvalue weighted by Gasteiger charge is 2.32. The standard InChI is InChI=1S/C31H42N8O6/c1-17(2)26(29(43)38-25(30(44)45)14-18-9-11-20(40)12-10-18)39-28(42)24(15-19-16-36-23-8-4-3-6-21(19)23)37-27(41)22(32)7-5-13-35-31(33)34/h3-4,6,8-12,16-17,22,24-26,36,40H,5,7,13-15,32H2,1-2H3,(H,37,41)(H,38,43)(H,39,42)(H,44,45)(H4,33,34,35). The number of phenols is 1. The molecule has 0 bridgehead atoms. The summed E-state index contributed by atoms with van der Waals surface area (Å²) >= 11 is 0. The number of fused-ring (bicyclic) bond motifs is 1. The van der Waals surface area contributed by atoms with E-state index in [-0.39, 0.29) is 37.5 Å². The zero-order valence-corrected chi connectivity index (χ0v) is 25.3. The average Bonchev–Trinajstić information content (AvgIpc) is 3.40. The number of rotatable bonds is 16. The van der Waals surface area contributed by atoms with E-state index in [1.54, 1.807) is 32.2 Å². The molecule has 4 unspecified atom stereocenters. The number of nitrogens with zero attached hydrogens (tertiary/aromatic N) is 1. The van der Waals surface area contributed by atoms with E-state index in [1.165, 1.54) is 12.1 Å². The number of aliphatic imine (C=N–C) groups is 1. The van der Waals surface area contributed by atoms with Crippen molar-refractivity contribution in [1.82, 2.24) is 20.9 Å². The number of guanidine groups is 1. The van der Waals surface area contributed by atoms with E-state index in [9.17, 15) is 29.4 Å². The molecule has 14 heteroatoms. The molecule has 0 radical (unpaired) electrons. The Bertz CT molecular complexity index is 1500. The Morgan fingerprint density at radius 2 is 1.56 bits per heavy atom. The van der Waals surface area contributed by atoms with E-state index in [0.29, 0.717) is 12.0 Å². The molecule has 0 saturated heterocycles. The van der Waals surface area contributed by atoms with Crippen molar-refractivity contribution in [1.29, 1.82) is 0 Å². The Labute approximate surface area is 260 Å². The number of phenolic OH excluding ortho intramolecular Hbond substituents is 1. The van der Waals surface area contributed by atoms with Gasteiger partial charge in [-0.1, -0.05) is 44.2 Å². The second-order valence-corrected chi connectivity index (χ2v) is 11.2. The van der Waals surface area contributed by atoms with Crippen molar-refractivity contribution in [2.45, 2.75) is 63.7 Å². The van der Waals surface area contributed by atoms with Gasteiger partial charge in [-0.3, -0.25) is 19.4 Å². The number of carboxylic acid groups (broad SMARTS) is 1. The summed E-state index contributed by atoms with van der Waals surface area (Å²) < 4.78 is 0. The first-order valence-electron chi connectivity index (χ1n) is 14.6. The highest BCUT2D eigenvalue weighted by Crippen LogP contribution is 2.20. The third kappa shape index (κ3) is 10.2. The first-order valence-corrected chi connectivity index (χ1v) is 14.6. The van der Waals surface area contributed by atoms with Crippen LogP contribution in [0.2, 0.25) is 0 Å². The van der Waals surface area contributed by atoms with Crippen molar-refractivity contribution in [3.05, 3.63) is 65.9 Å². The van der Waals surface area contributed by atoms with Crippen molar-refractivity contribution in [2.75, 3.05) is 6.54 Å². The van der Waals surface area contributed by atoms with Gasteiger partial charge in [-0.15, -0.1) is 0 Å². The Hall–Kier alpha value is -5.11. The largest absolute Gasteiger partial charge is 0.508 e. The number of carbonyl (C=O) groups excluding carboxylic acids is 3. The number of amides is 3. The molecular formula is C31H42N8O6. The lowest BCUT2D eigenvalue weighted by atomic mass is 9.99. The van der Waals surface area contributed by atoms with Gasteiger partial charge in [0, 0.05) is 36.5 Å². The highest BCUT2D eigenvalue weighted by atomic mass is 16.4. The third-order valence-corrected chi connectivity index (χ3v) is 7.27. The number of hydrogen-bond acceptors (Lipinski definition) is 7. The molecule has 0 spiro atoms. The number of benzene rings is 2. The van der Waals surface area contributed by atoms with E-state index in [0.717, 1.165) is 16.5 Å². The van der Waals surface area contributed by atoms with Crippen LogP contribution in [-0.2, 0) is 32.0 Å². The molecule has 4 atom stereocenters. The van der Waals surface area contributed by atoms with Crippen LogP contribution >= 0.6 is 0 Å². The fraction of sp³-hybridized carbons (Fsp3) is 0.387. The SMILES string of the molecule is CC(C)C(NC(=O)C(Cc1c[nH]c2ccccc12)NC(=O)C(N)CCCN=C(N)N)C(=O)NC(Cc1ccc(O)cc1)C(=O)O. The summed E-state index contributed by atoms with van der Waals surface area (Å²) in [5.74, 6) is -3.63. The van der Waals surface area contributed by atoms with Crippen LogP contribution in [0.5, 0.6) is 5.75 Å². The third-order valence-electron chi connectivity index (χ3n) is 7.27. The van der Waals surface area contributed by atoms with Gasteiger partial charge in [0.1, 0.15) is 23.9 Å². The molecule has 0 saturated carbocycles. The molecule has 14 nitrogen and oxygen atoms in total. The number of nitrogens with two attached hydrogens (primary N) is 3. The number of para-hydroxylation sites is 1. The lowest BCUT2D eigenvalue weighted by Gasteiger charge is -2.27. The lowest BCUT2D eigenvalue weighted by Crippen LogP contribution is -2.59. The van der Waals surface area contributed by atoms with Crippen molar-refractivity contribution in [2.24, 2.45) is 28.1 Å². The molecule has 242 valence electrons. The van der Waals surface area contributed by atoms with Crippen molar-refractivity contribution in [3.8, 4) is 5.75 Å². The summed E-state index contributed by atoms with van der Waals surface area (Å²) in [4.78, 5) is 59.2. The molecule has 3 rings (SSSR count). The minimum absolute atomic E-state index is 0.0263. The monoisotopic (exact) mass is 622 g/mol. The van der Waals surface area contributed by atoms with Crippen LogP contribution in [0.15, 0.2) is 59.7 Å². The number of carbonyl (C=O) groups is 4. The molecule has 0 aliphatic carbocycles. The topological polar surface area (TPSA) is 251 Å². The van der Waals surface area contributed by atoms with Gasteiger partial charge >= 0.3 is 5.97 Å². The Kier molecular flexibility index (Phi) is 12.3. The fourth-order valence-corrected chi connectivity index (χ4v) is 4.78. The number of aliphatic carboxylic acids is 1. The summed E-state index contributed by atoms with van der Waals surface area (Å²) in [5, 5.41) is 28.1. The average molecular weight is 623 g/mol. The fourth-order valence-electron chi connectivity index (χ4n) is 4.78. The van der Waals surface area contributed by atoms with E-state index in [2.05, 4.69) is 25.9 Å². The number of carboxylic acids is 1. The van der Waals surface area contributed by atoms with Crippen LogP contribution in [0.25, 0.3) is 10.9 Å². The predicted octanol–water partition coefficient (Wildman–Crippen LogP) is 0.235. The summed E-state index contributed by atoms with van der Waals surface area (Å²) in [5.41, 5.74) is 19.0. The minimum atomic E-state index is -1.29. The van der Waals surface area contributed by atoms with Crippen LogP contribution in [0, 0.1) is 5.92 Å². The first-order chi connectivity index (χ1) is 21.3. The van der Waals surface area contributed by atoms with Crippen LogP contribution in [0.3, 0.4) is 0 Å². The molecule has 3 amide bonds. The number of H-pyrrole nitrogens is 1. The maximum Gasteiger partial charge on any atom is 0.326 e. The second-order valence-electron chi connectivity index (χ2n) is 11.2. The van der Waals surface area contributed by atoms with Crippen LogP contribution in [0.1, 0.15) is 37.8 Å². The number of aromatic hydroxyl groups is 1. The second kappa shape index (κ2) is 16.1. The minimum Gasteiger partial charge on any atom is -0.508 e. The smallest absolute Gasteiger partial charge is 0.326 e. The molecule has 0 aliphatic rings. The summed E-state index contributed by atoms with van der Waals surface area (Å²) in [6, 6.07) is 8.99. The molecule has 12 N–H and O–H groups in total. The number of nitrogens with one attached hydrogen (secondary N) is 4. The highest BCUT2D eigenvalue weighted by molar-refractivity contribution is 5.95. The van der Waals surface area contributed by atoms with Crippen LogP contribution in [0.4, 0.5) is 0 Å². The predicted molar refractivity (Wildman–Crippen MR) is 170 cm³/mol. The van der Waals surface area contributed by atoms with E-state index in [1.807, 2.05) is 24.3 Å². The van der Waals surface area contributed by atoms with Gasteiger partial charge < -0.3 is 48.3 Å². The summed E-state index contributed by atoms with van der Waals surface area (Å²) in [6.07, 6.45) is 2.50. The Morgan fingerprint density at radius 3 is 2.20 bits per heavy atom. The number of aromatic amines is 1. The zero-order valence-electron chi connectivity index (χ0n) is 25.3. The molecule has 2 aromatic carbocycles. The maximum absolute atomic E-state index is 13.7. The van der Waals surface area contributed by atoms with Gasteiger partial charge in [0.15, 0.2) is 5.96 Å². The molecule has 0 fully saturated rings. The molecule has 1 heterocycles. The summed E-state index contributed by atoms with van der Waals surface area (Å²) in [6.45, 7) is 3.71. The van der Waals surface area contributed by atoms with Gasteiger partial charge in [-0.2, -0.15) is 0 Å². The lowest BCUT2D eigenvalue weighted by molar-refractivity contribution is -0.142. The summed E-state index contributed by atoms with van der Waals surface area (Å²) in [7, 11) is 0. The Morgan fingerprint density at radius 1 is 0.889 bits per heavy atom. The first kappa shape index (κ1) is 34.4. The Balaban J connectivity index is 1.77. The maximum atomic E-state index is 13.7. The van der Waals surface area contributed by atoms with Gasteiger partial charge in [-0.25, -0.2) is 4.79 Å². The van der Waals surface area contributed by atoms with Gasteiger partial charge in [-0.05, 0) is 48.1 Å². The van der Waals surface area contributed by atoms with Gasteiger partial charge in [0.2, 0.25) is 17.7 Å². The van der Waals surface area contributed by atoms with E-state index >= 15 is 0 Å². The van der Waals surface area contributed by atoms with Crippen LogP contribution < -0.4 is 33.2 Å². The van der Waals surface area contributed by atoms with Gasteiger partial charge in [0.25, 0.3) is 0 Å². The quantitative estimate of drug-likeness (QED) is 0.0601. The van der Waals surface area contributed by atoms with Crippen molar-refractivity contribution < 1.29 is 29.4 Å². The molecule has 45 heavy (non-hydrogen) atoms. The molecule has 0 aliphatic heterocycles. The molecule has 1 aromatic heterocycles. The van der Waals surface area contributed by atoms with E-state index < -0.39 is 53.8 Å². The molecule has 3 aromatic rings. The normalized spacial score (nSPS) is 13.8. The number of hydrogen-bond donors (Lipinski definition) is 9. The zero-order chi connectivity index (χ0) is 33.1. The van der Waals surface area contributed by atoms with Crippen molar-refractivity contribution >= 4 is 40.6 Å².